The van der Waals surface area contributed by atoms with Crippen LogP contribution in [0.1, 0.15) is 0 Å². The van der Waals surface area contributed by atoms with Crippen molar-refractivity contribution in [1.29, 1.82) is 0 Å². The molecule has 1 aliphatic heterocycles. The van der Waals surface area contributed by atoms with Crippen LogP contribution in [0.4, 0.5) is 5.69 Å². The summed E-state index contributed by atoms with van der Waals surface area (Å²) in [7, 11) is 0. The molecule has 1 aromatic carbocycles. The second-order valence-electron chi connectivity index (χ2n) is 2.65. The molecule has 0 fully saturated rings. The Labute approximate surface area is 93.8 Å². The van der Waals surface area contributed by atoms with Gasteiger partial charge in [-0.05, 0) is 12.1 Å². The second-order valence-corrected chi connectivity index (χ2v) is 3.73. The zero-order chi connectivity index (χ0) is 8.93. The normalized spacial score (nSPS) is 14.1. The Morgan fingerprint density at radius 1 is 1.14 bits per heavy atom. The van der Waals surface area contributed by atoms with Crippen molar-refractivity contribution in [3.05, 3.63) is 30.3 Å². The molecule has 0 aromatic heterocycles. The van der Waals surface area contributed by atoms with Gasteiger partial charge in [-0.15, -0.1) is 12.4 Å². The van der Waals surface area contributed by atoms with Crippen LogP contribution in [0.2, 0.25) is 0 Å². The van der Waals surface area contributed by atoms with Gasteiger partial charge in [-0.1, -0.05) is 30.0 Å². The van der Waals surface area contributed by atoms with Crippen molar-refractivity contribution in [1.82, 2.24) is 5.43 Å². The van der Waals surface area contributed by atoms with Gasteiger partial charge in [0, 0.05) is 5.75 Å². The summed E-state index contributed by atoms with van der Waals surface area (Å²) >= 11 is 1.74. The van der Waals surface area contributed by atoms with Gasteiger partial charge in [0.25, 0.3) is 0 Å². The van der Waals surface area contributed by atoms with E-state index in [4.69, 9.17) is 0 Å². The van der Waals surface area contributed by atoms with Gasteiger partial charge >= 0.3 is 0 Å². The number of halogens is 1. The number of aliphatic imine (C=N–C) groups is 1. The van der Waals surface area contributed by atoms with E-state index in [1.807, 2.05) is 30.3 Å². The third kappa shape index (κ3) is 3.12. The zero-order valence-electron chi connectivity index (χ0n) is 7.56. The Hall–Kier alpha value is -0.870. The van der Waals surface area contributed by atoms with Gasteiger partial charge in [0.05, 0.1) is 12.2 Å². The lowest BCUT2D eigenvalue weighted by molar-refractivity contribution is 1.10. The third-order valence-corrected chi connectivity index (χ3v) is 2.56. The molecule has 2 N–H and O–H groups in total. The molecule has 3 nitrogen and oxygen atoms in total. The molecule has 5 heteroatoms. The maximum Gasteiger partial charge on any atom is 0.175 e. The van der Waals surface area contributed by atoms with E-state index in [9.17, 15) is 0 Å². The van der Waals surface area contributed by atoms with E-state index in [1.54, 1.807) is 11.8 Å². The monoisotopic (exact) mass is 229 g/mol. The number of hydrogen-bond donors (Lipinski definition) is 2. The molecule has 0 bridgehead atoms. The molecule has 0 radical (unpaired) electrons. The largest absolute Gasteiger partial charge is 0.299 e. The van der Waals surface area contributed by atoms with Crippen LogP contribution in [0.3, 0.4) is 0 Å². The van der Waals surface area contributed by atoms with Crippen LogP contribution in [0.25, 0.3) is 0 Å². The maximum absolute atomic E-state index is 4.26. The van der Waals surface area contributed by atoms with Crippen molar-refractivity contribution in [2.24, 2.45) is 4.99 Å². The number of rotatable bonds is 2. The number of amidine groups is 1. The van der Waals surface area contributed by atoms with Crippen LogP contribution in [-0.4, -0.2) is 17.5 Å². The Morgan fingerprint density at radius 2 is 1.93 bits per heavy atom. The number of hydrogen-bond acceptors (Lipinski definition) is 4. The van der Waals surface area contributed by atoms with Gasteiger partial charge in [0.15, 0.2) is 5.17 Å². The zero-order valence-corrected chi connectivity index (χ0v) is 9.20. The summed E-state index contributed by atoms with van der Waals surface area (Å²) < 4.78 is 0. The van der Waals surface area contributed by atoms with Crippen molar-refractivity contribution < 1.29 is 0 Å². The van der Waals surface area contributed by atoms with Gasteiger partial charge in [0.2, 0.25) is 0 Å². The highest BCUT2D eigenvalue weighted by Gasteiger charge is 2.04. The summed E-state index contributed by atoms with van der Waals surface area (Å²) in [6, 6.07) is 9.99. The number of hydrazine groups is 1. The lowest BCUT2D eigenvalue weighted by atomic mass is 10.3. The maximum atomic E-state index is 4.26. The standard InChI is InChI=1S/C9H11N3S.ClH/c1-2-4-8(5-3-1)11-12-9-10-6-7-13-9;/h1-5,11H,6-7H2,(H,10,12);1H. The lowest BCUT2D eigenvalue weighted by Crippen LogP contribution is -2.25. The Morgan fingerprint density at radius 3 is 2.57 bits per heavy atom. The molecule has 0 amide bonds. The van der Waals surface area contributed by atoms with Gasteiger partial charge in [-0.2, -0.15) is 0 Å². The van der Waals surface area contributed by atoms with Gasteiger partial charge < -0.3 is 0 Å². The van der Waals surface area contributed by atoms with E-state index < -0.39 is 0 Å². The van der Waals surface area contributed by atoms with Crippen LogP contribution >= 0.6 is 24.2 Å². The number of thioether (sulfide) groups is 1. The van der Waals surface area contributed by atoms with Crippen molar-refractivity contribution >= 4 is 35.0 Å². The van der Waals surface area contributed by atoms with Crippen molar-refractivity contribution in [3.8, 4) is 0 Å². The first-order valence-corrected chi connectivity index (χ1v) is 5.18. The molecule has 0 atom stereocenters. The van der Waals surface area contributed by atoms with E-state index in [-0.39, 0.29) is 12.4 Å². The fourth-order valence-electron chi connectivity index (χ4n) is 1.06. The van der Waals surface area contributed by atoms with Gasteiger partial charge in [-0.25, -0.2) is 0 Å². The minimum atomic E-state index is 0. The number of anilines is 1. The molecule has 1 heterocycles. The number of nitrogens with zero attached hydrogens (tertiary/aromatic N) is 1. The molecule has 0 spiro atoms. The molecule has 0 saturated carbocycles. The molecule has 0 aliphatic carbocycles. The fourth-order valence-corrected chi connectivity index (χ4v) is 1.74. The second kappa shape index (κ2) is 5.78. The first-order valence-electron chi connectivity index (χ1n) is 4.19. The SMILES string of the molecule is Cl.c1ccc(NNC2=NCCS2)cc1. The van der Waals surface area contributed by atoms with E-state index in [1.165, 1.54) is 0 Å². The van der Waals surface area contributed by atoms with E-state index >= 15 is 0 Å². The molecule has 14 heavy (non-hydrogen) atoms. The van der Waals surface area contributed by atoms with Crippen LogP contribution < -0.4 is 10.9 Å². The number of nitrogens with one attached hydrogen (secondary N) is 2. The summed E-state index contributed by atoms with van der Waals surface area (Å²) in [6.45, 7) is 0.920. The molecule has 1 aliphatic rings. The summed E-state index contributed by atoms with van der Waals surface area (Å²) in [4.78, 5) is 4.26. The number of para-hydroxylation sites is 1. The number of benzene rings is 1. The van der Waals surface area contributed by atoms with Crippen LogP contribution in [0.15, 0.2) is 35.3 Å². The highest BCUT2D eigenvalue weighted by molar-refractivity contribution is 8.14. The van der Waals surface area contributed by atoms with E-state index in [0.29, 0.717) is 0 Å². The molecule has 0 unspecified atom stereocenters. The summed E-state index contributed by atoms with van der Waals surface area (Å²) in [5, 5.41) is 0.976. The van der Waals surface area contributed by atoms with Gasteiger partial charge in [0.1, 0.15) is 0 Å². The predicted octanol–water partition coefficient (Wildman–Crippen LogP) is 2.13. The summed E-state index contributed by atoms with van der Waals surface area (Å²) in [6.07, 6.45) is 0. The van der Waals surface area contributed by atoms with Crippen LogP contribution in [-0.2, 0) is 0 Å². The fraction of sp³-hybridized carbons (Fsp3) is 0.222. The molecule has 2 rings (SSSR count). The minimum Gasteiger partial charge on any atom is -0.299 e. The lowest BCUT2D eigenvalue weighted by Gasteiger charge is -2.07. The molecular formula is C9H12ClN3S. The molecular weight excluding hydrogens is 218 g/mol. The highest BCUT2D eigenvalue weighted by atomic mass is 35.5. The quantitative estimate of drug-likeness (QED) is 0.763. The Bertz CT molecular complexity index is 302. The van der Waals surface area contributed by atoms with Crippen molar-refractivity contribution in [2.45, 2.75) is 0 Å². The van der Waals surface area contributed by atoms with Crippen LogP contribution in [0, 0.1) is 0 Å². The van der Waals surface area contributed by atoms with Crippen molar-refractivity contribution in [2.75, 3.05) is 17.7 Å². The molecule has 76 valence electrons. The van der Waals surface area contributed by atoms with E-state index in [2.05, 4.69) is 15.8 Å². The average molecular weight is 230 g/mol. The summed E-state index contributed by atoms with van der Waals surface area (Å²) in [5.41, 5.74) is 7.20. The minimum absolute atomic E-state index is 0. The topological polar surface area (TPSA) is 36.4 Å². The highest BCUT2D eigenvalue weighted by Crippen LogP contribution is 2.09. The predicted molar refractivity (Wildman–Crippen MR) is 65.2 cm³/mol. The van der Waals surface area contributed by atoms with Gasteiger partial charge in [-0.3, -0.25) is 15.8 Å². The Kier molecular flexibility index (Phi) is 4.62. The first-order chi connectivity index (χ1) is 6.45. The third-order valence-electron chi connectivity index (χ3n) is 1.67. The average Bonchev–Trinajstić information content (AvgIpc) is 2.69. The Balaban J connectivity index is 0.000000980. The van der Waals surface area contributed by atoms with E-state index in [0.717, 1.165) is 23.2 Å². The first kappa shape index (κ1) is 11.2. The smallest absolute Gasteiger partial charge is 0.175 e. The summed E-state index contributed by atoms with van der Waals surface area (Å²) in [5.74, 6) is 1.08. The molecule has 1 aromatic rings. The van der Waals surface area contributed by atoms with Crippen molar-refractivity contribution in [3.63, 3.8) is 0 Å². The molecule has 0 saturated heterocycles. The van der Waals surface area contributed by atoms with Crippen LogP contribution in [0.5, 0.6) is 0 Å².